The van der Waals surface area contributed by atoms with Crippen molar-refractivity contribution in [1.29, 1.82) is 0 Å². The van der Waals surface area contributed by atoms with Gasteiger partial charge < -0.3 is 10.8 Å². The lowest BCUT2D eigenvalue weighted by Crippen LogP contribution is -2.18. The molecular formula is C14H11NO6S. The van der Waals surface area contributed by atoms with E-state index in [9.17, 15) is 27.7 Å². The van der Waals surface area contributed by atoms with E-state index in [2.05, 4.69) is 0 Å². The molecule has 7 nitrogen and oxygen atoms in total. The van der Waals surface area contributed by atoms with Gasteiger partial charge in [-0.05, 0) is 17.7 Å². The largest absolute Gasteiger partial charge is 0.478 e. The molecule has 0 bridgehead atoms. The van der Waals surface area contributed by atoms with Gasteiger partial charge in [-0.3, -0.25) is 9.35 Å². The third-order valence-electron chi connectivity index (χ3n) is 2.99. The summed E-state index contributed by atoms with van der Waals surface area (Å²) in [7, 11) is -4.70. The number of carboxylic acid groups (broad SMARTS) is 1. The van der Waals surface area contributed by atoms with E-state index in [1.54, 1.807) is 18.2 Å². The molecule has 4 N–H and O–H groups in total. The summed E-state index contributed by atoms with van der Waals surface area (Å²) in [5, 5.41) is 9.36. The second-order valence-corrected chi connectivity index (χ2v) is 5.76. The molecule has 2 aromatic rings. The number of carbonyl (C=O) groups excluding carboxylic acids is 1. The van der Waals surface area contributed by atoms with E-state index < -0.39 is 32.5 Å². The number of primary amides is 1. The Bertz CT molecular complexity index is 858. The summed E-state index contributed by atoms with van der Waals surface area (Å²) in [6, 6.07) is 9.60. The Balaban J connectivity index is 3.01. The molecule has 0 aromatic heterocycles. The average Bonchev–Trinajstić information content (AvgIpc) is 2.45. The molecule has 0 saturated heterocycles. The number of rotatable bonds is 4. The van der Waals surface area contributed by atoms with E-state index in [4.69, 9.17) is 5.73 Å². The highest BCUT2D eigenvalue weighted by atomic mass is 32.2. The molecule has 1 amide bonds. The predicted molar refractivity (Wildman–Crippen MR) is 77.2 cm³/mol. The highest BCUT2D eigenvalue weighted by Crippen LogP contribution is 2.33. The molecule has 2 aromatic carbocycles. The van der Waals surface area contributed by atoms with Crippen LogP contribution in [0.4, 0.5) is 0 Å². The SMILES string of the molecule is NC(=O)c1ccc(S(=O)(=O)O)c(-c2ccccc2)c1C(=O)O. The third-order valence-corrected chi connectivity index (χ3v) is 3.88. The molecule has 0 heterocycles. The molecule has 0 aliphatic carbocycles. The molecule has 0 atom stereocenters. The van der Waals surface area contributed by atoms with Gasteiger partial charge in [-0.2, -0.15) is 8.42 Å². The van der Waals surface area contributed by atoms with Gasteiger partial charge in [0.1, 0.15) is 4.90 Å². The number of hydrogen-bond acceptors (Lipinski definition) is 4. The van der Waals surface area contributed by atoms with Gasteiger partial charge in [0.25, 0.3) is 10.1 Å². The molecule has 0 radical (unpaired) electrons. The van der Waals surface area contributed by atoms with Crippen molar-refractivity contribution in [2.45, 2.75) is 4.90 Å². The number of aromatic carboxylic acids is 1. The Labute approximate surface area is 125 Å². The van der Waals surface area contributed by atoms with E-state index in [0.717, 1.165) is 12.1 Å². The maximum atomic E-state index is 11.5. The summed E-state index contributed by atoms with van der Waals surface area (Å²) in [6.45, 7) is 0. The van der Waals surface area contributed by atoms with Crippen LogP contribution in [0.1, 0.15) is 20.7 Å². The van der Waals surface area contributed by atoms with Crippen LogP contribution >= 0.6 is 0 Å². The van der Waals surface area contributed by atoms with Crippen LogP contribution in [0.3, 0.4) is 0 Å². The summed E-state index contributed by atoms with van der Waals surface area (Å²) < 4.78 is 32.4. The van der Waals surface area contributed by atoms with Gasteiger partial charge in [0, 0.05) is 5.56 Å². The van der Waals surface area contributed by atoms with E-state index in [1.807, 2.05) is 0 Å². The maximum absolute atomic E-state index is 11.5. The zero-order chi connectivity index (χ0) is 16.5. The normalized spacial score (nSPS) is 11.1. The summed E-state index contributed by atoms with van der Waals surface area (Å²) in [5.74, 6) is -2.55. The van der Waals surface area contributed by atoms with Gasteiger partial charge in [0.05, 0.1) is 11.1 Å². The van der Waals surface area contributed by atoms with Crippen LogP contribution in [0.15, 0.2) is 47.4 Å². The predicted octanol–water partition coefficient (Wildman–Crippen LogP) is 1.40. The Hall–Kier alpha value is -2.71. The maximum Gasteiger partial charge on any atom is 0.337 e. The van der Waals surface area contributed by atoms with Crippen molar-refractivity contribution in [2.75, 3.05) is 0 Å². The fraction of sp³-hybridized carbons (Fsp3) is 0. The summed E-state index contributed by atoms with van der Waals surface area (Å²) >= 11 is 0. The van der Waals surface area contributed by atoms with Gasteiger partial charge in [-0.1, -0.05) is 30.3 Å². The first kappa shape index (κ1) is 15.7. The zero-order valence-corrected chi connectivity index (χ0v) is 11.9. The van der Waals surface area contributed by atoms with Crippen molar-refractivity contribution in [3.63, 3.8) is 0 Å². The second kappa shape index (κ2) is 5.58. The van der Waals surface area contributed by atoms with Gasteiger partial charge in [0.2, 0.25) is 5.91 Å². The van der Waals surface area contributed by atoms with E-state index in [-0.39, 0.29) is 16.7 Å². The molecule has 22 heavy (non-hydrogen) atoms. The van der Waals surface area contributed by atoms with E-state index >= 15 is 0 Å². The minimum absolute atomic E-state index is 0.218. The zero-order valence-electron chi connectivity index (χ0n) is 11.1. The number of amides is 1. The first-order valence-electron chi connectivity index (χ1n) is 5.96. The van der Waals surface area contributed by atoms with Crippen molar-refractivity contribution < 1.29 is 27.7 Å². The van der Waals surface area contributed by atoms with Gasteiger partial charge in [-0.15, -0.1) is 0 Å². The minimum Gasteiger partial charge on any atom is -0.478 e. The first-order valence-corrected chi connectivity index (χ1v) is 7.40. The molecular weight excluding hydrogens is 310 g/mol. The highest BCUT2D eigenvalue weighted by molar-refractivity contribution is 7.86. The van der Waals surface area contributed by atoms with Gasteiger partial charge in [0.15, 0.2) is 0 Å². The van der Waals surface area contributed by atoms with Crippen LogP contribution in [-0.2, 0) is 10.1 Å². The average molecular weight is 321 g/mol. The standard InChI is InChI=1S/C14H11NO6S/c15-13(16)9-6-7-10(22(19,20)21)11(12(9)14(17)18)8-4-2-1-3-5-8/h1-7H,(H2,15,16)(H,17,18)(H,19,20,21). The van der Waals surface area contributed by atoms with Crippen molar-refractivity contribution >= 4 is 22.0 Å². The number of benzene rings is 2. The first-order chi connectivity index (χ1) is 10.2. The smallest absolute Gasteiger partial charge is 0.337 e. The molecule has 114 valence electrons. The van der Waals surface area contributed by atoms with Gasteiger partial charge >= 0.3 is 5.97 Å². The molecule has 0 aliphatic heterocycles. The summed E-state index contributed by atoms with van der Waals surface area (Å²) in [5.41, 5.74) is 4.15. The summed E-state index contributed by atoms with van der Waals surface area (Å²) in [6.07, 6.45) is 0. The third kappa shape index (κ3) is 2.83. The van der Waals surface area contributed by atoms with Crippen molar-refractivity contribution in [3.05, 3.63) is 53.6 Å². The molecule has 0 spiro atoms. The Kier molecular flexibility index (Phi) is 3.98. The second-order valence-electron chi connectivity index (χ2n) is 4.37. The Morgan fingerprint density at radius 3 is 2.05 bits per heavy atom. The molecule has 0 aliphatic rings. The monoisotopic (exact) mass is 321 g/mol. The van der Waals surface area contributed by atoms with Crippen LogP contribution in [0.2, 0.25) is 0 Å². The number of carbonyl (C=O) groups is 2. The van der Waals surface area contributed by atoms with E-state index in [0.29, 0.717) is 0 Å². The van der Waals surface area contributed by atoms with Crippen LogP contribution in [-0.4, -0.2) is 30.0 Å². The fourth-order valence-corrected chi connectivity index (χ4v) is 2.84. The summed E-state index contributed by atoms with van der Waals surface area (Å²) in [4.78, 5) is 22.3. The van der Waals surface area contributed by atoms with Crippen LogP contribution in [0.5, 0.6) is 0 Å². The van der Waals surface area contributed by atoms with Crippen molar-refractivity contribution in [2.24, 2.45) is 5.73 Å². The number of carboxylic acids is 1. The number of hydrogen-bond donors (Lipinski definition) is 3. The lowest BCUT2D eigenvalue weighted by molar-refractivity contribution is 0.0692. The lowest BCUT2D eigenvalue weighted by atomic mass is 9.95. The van der Waals surface area contributed by atoms with Crippen molar-refractivity contribution in [1.82, 2.24) is 0 Å². The Morgan fingerprint density at radius 2 is 1.59 bits per heavy atom. The molecule has 0 saturated carbocycles. The fourth-order valence-electron chi connectivity index (χ4n) is 2.12. The van der Waals surface area contributed by atoms with Crippen LogP contribution in [0, 0.1) is 0 Å². The topological polar surface area (TPSA) is 135 Å². The van der Waals surface area contributed by atoms with Crippen LogP contribution < -0.4 is 5.73 Å². The molecule has 8 heteroatoms. The van der Waals surface area contributed by atoms with E-state index in [1.165, 1.54) is 12.1 Å². The quantitative estimate of drug-likeness (QED) is 0.728. The molecule has 0 unspecified atom stereocenters. The number of nitrogens with two attached hydrogens (primary N) is 1. The minimum atomic E-state index is -4.70. The highest BCUT2D eigenvalue weighted by Gasteiger charge is 2.27. The van der Waals surface area contributed by atoms with Crippen molar-refractivity contribution in [3.8, 4) is 11.1 Å². The lowest BCUT2D eigenvalue weighted by Gasteiger charge is -2.13. The van der Waals surface area contributed by atoms with Crippen LogP contribution in [0.25, 0.3) is 11.1 Å². The van der Waals surface area contributed by atoms with Gasteiger partial charge in [-0.25, -0.2) is 4.79 Å². The molecule has 0 fully saturated rings. The Morgan fingerprint density at radius 1 is 1.00 bits per heavy atom. The molecule has 2 rings (SSSR count).